The fraction of sp³-hybridized carbons (Fsp3) is 0.318. The molecule has 6 nitrogen and oxygen atoms in total. The summed E-state index contributed by atoms with van der Waals surface area (Å²) in [4.78, 5) is 19.4. The van der Waals surface area contributed by atoms with E-state index < -0.39 is 0 Å². The SMILES string of the molecule is Cl.N[C@@H]1CN(C(=O)c2ccc(-c3n[nH]c(C4CC4)n3)cc2)C[C@H]1c1ccccc1. The van der Waals surface area contributed by atoms with Gasteiger partial charge in [0.15, 0.2) is 5.82 Å². The summed E-state index contributed by atoms with van der Waals surface area (Å²) < 4.78 is 0. The number of carbonyl (C=O) groups excluding carboxylic acids is 1. The van der Waals surface area contributed by atoms with E-state index in [1.807, 2.05) is 47.4 Å². The van der Waals surface area contributed by atoms with Gasteiger partial charge in [0.25, 0.3) is 5.91 Å². The number of nitrogens with two attached hydrogens (primary N) is 1. The van der Waals surface area contributed by atoms with Gasteiger partial charge in [-0.05, 0) is 30.5 Å². The van der Waals surface area contributed by atoms with Gasteiger partial charge in [-0.2, -0.15) is 5.10 Å². The topological polar surface area (TPSA) is 87.9 Å². The van der Waals surface area contributed by atoms with Crippen molar-refractivity contribution in [3.63, 3.8) is 0 Å². The molecule has 1 aliphatic carbocycles. The number of likely N-dealkylation sites (tertiary alicyclic amines) is 1. The molecule has 1 aliphatic heterocycles. The van der Waals surface area contributed by atoms with Gasteiger partial charge in [-0.1, -0.05) is 42.5 Å². The number of rotatable bonds is 4. The van der Waals surface area contributed by atoms with Crippen molar-refractivity contribution in [2.45, 2.75) is 30.7 Å². The number of aromatic nitrogens is 3. The van der Waals surface area contributed by atoms with Gasteiger partial charge in [0.1, 0.15) is 5.82 Å². The van der Waals surface area contributed by atoms with E-state index in [0.29, 0.717) is 30.4 Å². The molecule has 0 spiro atoms. The average molecular weight is 410 g/mol. The van der Waals surface area contributed by atoms with Crippen molar-refractivity contribution in [3.8, 4) is 11.4 Å². The maximum absolute atomic E-state index is 13.0. The molecule has 2 fully saturated rings. The van der Waals surface area contributed by atoms with E-state index in [0.717, 1.165) is 11.4 Å². The maximum Gasteiger partial charge on any atom is 0.253 e. The van der Waals surface area contributed by atoms with Gasteiger partial charge in [0.2, 0.25) is 0 Å². The Hall–Kier alpha value is -2.70. The number of amides is 1. The zero-order valence-corrected chi connectivity index (χ0v) is 16.8. The molecule has 1 saturated heterocycles. The molecule has 2 aliphatic rings. The lowest BCUT2D eigenvalue weighted by atomic mass is 9.95. The van der Waals surface area contributed by atoms with Gasteiger partial charge >= 0.3 is 0 Å². The first kappa shape index (κ1) is 19.6. The van der Waals surface area contributed by atoms with Crippen LogP contribution in [0.5, 0.6) is 0 Å². The lowest BCUT2D eigenvalue weighted by Gasteiger charge is -2.16. The molecule has 0 bridgehead atoms. The highest BCUT2D eigenvalue weighted by molar-refractivity contribution is 5.95. The Kier molecular flexibility index (Phi) is 5.39. The van der Waals surface area contributed by atoms with Crippen molar-refractivity contribution in [3.05, 3.63) is 71.5 Å². The molecule has 1 amide bonds. The summed E-state index contributed by atoms with van der Waals surface area (Å²) >= 11 is 0. The molecule has 150 valence electrons. The van der Waals surface area contributed by atoms with Crippen molar-refractivity contribution in [2.24, 2.45) is 5.73 Å². The zero-order valence-electron chi connectivity index (χ0n) is 16.0. The van der Waals surface area contributed by atoms with Crippen LogP contribution in [0.4, 0.5) is 0 Å². The molecule has 3 N–H and O–H groups in total. The van der Waals surface area contributed by atoms with E-state index in [4.69, 9.17) is 5.73 Å². The first-order chi connectivity index (χ1) is 13.7. The third-order valence-corrected chi connectivity index (χ3v) is 5.74. The molecule has 2 heterocycles. The van der Waals surface area contributed by atoms with E-state index >= 15 is 0 Å². The van der Waals surface area contributed by atoms with Crippen LogP contribution in [0.2, 0.25) is 0 Å². The van der Waals surface area contributed by atoms with Crippen LogP contribution >= 0.6 is 12.4 Å². The number of halogens is 1. The van der Waals surface area contributed by atoms with Crippen LogP contribution in [0.3, 0.4) is 0 Å². The molecular formula is C22H24ClN5O. The van der Waals surface area contributed by atoms with Crippen LogP contribution in [0.15, 0.2) is 54.6 Å². The Bertz CT molecular complexity index is 984. The highest BCUT2D eigenvalue weighted by atomic mass is 35.5. The number of carbonyl (C=O) groups is 1. The monoisotopic (exact) mass is 409 g/mol. The number of aromatic amines is 1. The molecule has 2 atom stereocenters. The van der Waals surface area contributed by atoms with Crippen LogP contribution in [-0.4, -0.2) is 45.1 Å². The predicted molar refractivity (Wildman–Crippen MR) is 114 cm³/mol. The number of benzene rings is 2. The predicted octanol–water partition coefficient (Wildman–Crippen LogP) is 3.34. The Balaban J connectivity index is 0.00000205. The molecule has 1 saturated carbocycles. The lowest BCUT2D eigenvalue weighted by Crippen LogP contribution is -2.32. The van der Waals surface area contributed by atoms with Gasteiger partial charge < -0.3 is 10.6 Å². The fourth-order valence-electron chi connectivity index (χ4n) is 3.93. The Morgan fingerprint density at radius 1 is 1.03 bits per heavy atom. The van der Waals surface area contributed by atoms with Gasteiger partial charge in [-0.3, -0.25) is 9.89 Å². The van der Waals surface area contributed by atoms with E-state index in [1.54, 1.807) is 0 Å². The number of nitrogens with zero attached hydrogens (tertiary/aromatic N) is 3. The van der Waals surface area contributed by atoms with Crippen LogP contribution in [-0.2, 0) is 0 Å². The molecule has 1 aromatic heterocycles. The second-order valence-electron chi connectivity index (χ2n) is 7.79. The molecule has 0 unspecified atom stereocenters. The summed E-state index contributed by atoms with van der Waals surface area (Å²) in [6.45, 7) is 1.23. The maximum atomic E-state index is 13.0. The highest BCUT2D eigenvalue weighted by Crippen LogP contribution is 2.38. The van der Waals surface area contributed by atoms with Crippen LogP contribution < -0.4 is 5.73 Å². The number of hydrogen-bond acceptors (Lipinski definition) is 4. The third kappa shape index (κ3) is 3.91. The van der Waals surface area contributed by atoms with Crippen molar-refractivity contribution in [2.75, 3.05) is 13.1 Å². The fourth-order valence-corrected chi connectivity index (χ4v) is 3.93. The minimum Gasteiger partial charge on any atom is -0.336 e. The largest absolute Gasteiger partial charge is 0.336 e. The van der Waals surface area contributed by atoms with Gasteiger partial charge in [-0.25, -0.2) is 4.98 Å². The standard InChI is InChI=1S/C22H23N5O.ClH/c23-19-13-27(12-18(19)14-4-2-1-3-5-14)22(28)17-10-8-16(9-11-17)21-24-20(25-26-21)15-6-7-15;/h1-5,8-11,15,18-19H,6-7,12-13,23H2,(H,24,25,26);1H/t18-,19+;/m0./s1. The summed E-state index contributed by atoms with van der Waals surface area (Å²) in [6, 6.07) is 17.7. The minimum atomic E-state index is -0.0419. The van der Waals surface area contributed by atoms with Crippen LogP contribution in [0, 0.1) is 0 Å². The van der Waals surface area contributed by atoms with Crippen molar-refractivity contribution in [1.29, 1.82) is 0 Å². The summed E-state index contributed by atoms with van der Waals surface area (Å²) in [6.07, 6.45) is 2.37. The number of H-pyrrole nitrogens is 1. The van der Waals surface area contributed by atoms with Crippen molar-refractivity contribution >= 4 is 18.3 Å². The van der Waals surface area contributed by atoms with Crippen LogP contribution in [0.25, 0.3) is 11.4 Å². The summed E-state index contributed by atoms with van der Waals surface area (Å²) in [7, 11) is 0. The van der Waals surface area contributed by atoms with Crippen LogP contribution in [0.1, 0.15) is 46.4 Å². The van der Waals surface area contributed by atoms with Gasteiger partial charge in [-0.15, -0.1) is 12.4 Å². The minimum absolute atomic E-state index is 0. The Morgan fingerprint density at radius 2 is 1.76 bits per heavy atom. The molecule has 5 rings (SSSR count). The highest BCUT2D eigenvalue weighted by Gasteiger charge is 2.34. The van der Waals surface area contributed by atoms with E-state index in [-0.39, 0.29) is 30.3 Å². The zero-order chi connectivity index (χ0) is 19.1. The average Bonchev–Trinajstić information content (AvgIpc) is 3.34. The molecule has 0 radical (unpaired) electrons. The molecule has 7 heteroatoms. The first-order valence-corrected chi connectivity index (χ1v) is 9.81. The quantitative estimate of drug-likeness (QED) is 0.691. The number of nitrogens with one attached hydrogen (secondary N) is 1. The first-order valence-electron chi connectivity index (χ1n) is 9.81. The summed E-state index contributed by atoms with van der Waals surface area (Å²) in [5.41, 5.74) is 9.11. The van der Waals surface area contributed by atoms with Crippen molar-refractivity contribution in [1.82, 2.24) is 20.1 Å². The summed E-state index contributed by atoms with van der Waals surface area (Å²) in [5.74, 6) is 2.40. The lowest BCUT2D eigenvalue weighted by molar-refractivity contribution is 0.0789. The van der Waals surface area contributed by atoms with Gasteiger partial charge in [0.05, 0.1) is 0 Å². The second-order valence-corrected chi connectivity index (χ2v) is 7.79. The molecule has 2 aromatic carbocycles. The second kappa shape index (κ2) is 7.97. The van der Waals surface area contributed by atoms with E-state index in [9.17, 15) is 4.79 Å². The molecule has 29 heavy (non-hydrogen) atoms. The normalized spacial score (nSPS) is 21.1. The smallest absolute Gasteiger partial charge is 0.253 e. The Morgan fingerprint density at radius 3 is 2.45 bits per heavy atom. The summed E-state index contributed by atoms with van der Waals surface area (Å²) in [5, 5.41) is 7.33. The van der Waals surface area contributed by atoms with Gasteiger partial charge in [0, 0.05) is 42.1 Å². The molecular weight excluding hydrogens is 386 g/mol. The Labute approximate surface area is 175 Å². The van der Waals surface area contributed by atoms with E-state index in [1.165, 1.54) is 18.4 Å². The third-order valence-electron chi connectivity index (χ3n) is 5.74. The number of hydrogen-bond donors (Lipinski definition) is 2. The van der Waals surface area contributed by atoms with E-state index in [2.05, 4.69) is 27.3 Å². The molecule has 3 aromatic rings. The van der Waals surface area contributed by atoms with Crippen molar-refractivity contribution < 1.29 is 4.79 Å².